The minimum atomic E-state index is -0.332. The summed E-state index contributed by atoms with van der Waals surface area (Å²) >= 11 is 0. The lowest BCUT2D eigenvalue weighted by Gasteiger charge is -2.13. The van der Waals surface area contributed by atoms with Gasteiger partial charge in [-0.05, 0) is 17.7 Å². The Morgan fingerprint density at radius 2 is 2.13 bits per heavy atom. The molecule has 3 amide bonds. The highest BCUT2D eigenvalue weighted by atomic mass is 16.5. The fourth-order valence-electron chi connectivity index (χ4n) is 2.07. The van der Waals surface area contributed by atoms with Crippen LogP contribution in [-0.2, 0) is 20.9 Å². The van der Waals surface area contributed by atoms with Crippen molar-refractivity contribution in [1.82, 2.24) is 10.7 Å². The fraction of sp³-hybridized carbons (Fsp3) is 0.333. The van der Waals surface area contributed by atoms with Crippen LogP contribution in [0, 0.1) is 0 Å². The maximum atomic E-state index is 12.0. The summed E-state index contributed by atoms with van der Waals surface area (Å²) in [7, 11) is 1.51. The van der Waals surface area contributed by atoms with E-state index < -0.39 is 0 Å². The molecule has 0 fully saturated rings. The van der Waals surface area contributed by atoms with Crippen LogP contribution in [0.1, 0.15) is 25.3 Å². The number of nitrogens with zero attached hydrogens (tertiary/aromatic N) is 1. The standard InChI is InChI=1S/C15H18N4O4/c1-9(20)17-12-7-10(3-5-13(12)23-2)8-16-15(22)11-4-6-14(21)19-18-11/h3,5,7H,4,6,8H2,1-2H3,(H,16,22)(H,17,20)(H,19,21). The average Bonchev–Trinajstić information content (AvgIpc) is 2.53. The van der Waals surface area contributed by atoms with Gasteiger partial charge in [-0.1, -0.05) is 6.07 Å². The summed E-state index contributed by atoms with van der Waals surface area (Å²) in [6, 6.07) is 5.23. The molecule has 0 aromatic heterocycles. The minimum Gasteiger partial charge on any atom is -0.495 e. The molecular formula is C15H18N4O4. The first-order valence-electron chi connectivity index (χ1n) is 7.07. The quantitative estimate of drug-likeness (QED) is 0.736. The number of benzene rings is 1. The molecule has 122 valence electrons. The molecule has 23 heavy (non-hydrogen) atoms. The molecule has 1 aliphatic heterocycles. The van der Waals surface area contributed by atoms with Gasteiger partial charge < -0.3 is 15.4 Å². The first kappa shape index (κ1) is 16.5. The van der Waals surface area contributed by atoms with Crippen LogP contribution in [0.2, 0.25) is 0 Å². The first-order chi connectivity index (χ1) is 11.0. The number of hydrogen-bond donors (Lipinski definition) is 3. The van der Waals surface area contributed by atoms with Crippen LogP contribution in [0.5, 0.6) is 5.75 Å². The zero-order chi connectivity index (χ0) is 16.8. The summed E-state index contributed by atoms with van der Waals surface area (Å²) in [5.41, 5.74) is 3.90. The van der Waals surface area contributed by atoms with Gasteiger partial charge in [0.1, 0.15) is 11.5 Å². The van der Waals surface area contributed by atoms with Crippen LogP contribution in [0.4, 0.5) is 5.69 Å². The van der Waals surface area contributed by atoms with E-state index in [1.54, 1.807) is 18.2 Å². The lowest BCUT2D eigenvalue weighted by atomic mass is 10.1. The lowest BCUT2D eigenvalue weighted by Crippen LogP contribution is -2.36. The number of carbonyl (C=O) groups excluding carboxylic acids is 3. The van der Waals surface area contributed by atoms with Gasteiger partial charge in [0, 0.05) is 26.3 Å². The number of carbonyl (C=O) groups is 3. The van der Waals surface area contributed by atoms with Gasteiger partial charge >= 0.3 is 0 Å². The Labute approximate surface area is 133 Å². The summed E-state index contributed by atoms with van der Waals surface area (Å²) in [4.78, 5) is 34.2. The van der Waals surface area contributed by atoms with Gasteiger partial charge in [-0.25, -0.2) is 5.43 Å². The maximum Gasteiger partial charge on any atom is 0.267 e. The largest absolute Gasteiger partial charge is 0.495 e. The molecule has 1 heterocycles. The lowest BCUT2D eigenvalue weighted by molar-refractivity contribution is -0.121. The van der Waals surface area contributed by atoms with E-state index in [0.717, 1.165) is 5.56 Å². The van der Waals surface area contributed by atoms with Gasteiger partial charge in [0.2, 0.25) is 11.8 Å². The summed E-state index contributed by atoms with van der Waals surface area (Å²) in [5, 5.41) is 9.13. The van der Waals surface area contributed by atoms with Crippen LogP contribution >= 0.6 is 0 Å². The van der Waals surface area contributed by atoms with E-state index in [-0.39, 0.29) is 30.7 Å². The zero-order valence-electron chi connectivity index (χ0n) is 12.9. The van der Waals surface area contributed by atoms with Crippen molar-refractivity contribution in [2.45, 2.75) is 26.3 Å². The second-order valence-corrected chi connectivity index (χ2v) is 4.99. The van der Waals surface area contributed by atoms with E-state index in [9.17, 15) is 14.4 Å². The third-order valence-electron chi connectivity index (χ3n) is 3.19. The van der Waals surface area contributed by atoms with E-state index in [0.29, 0.717) is 23.6 Å². The molecule has 0 saturated heterocycles. The molecule has 0 saturated carbocycles. The smallest absolute Gasteiger partial charge is 0.267 e. The molecule has 8 heteroatoms. The van der Waals surface area contributed by atoms with Gasteiger partial charge in [-0.3, -0.25) is 14.4 Å². The number of hydrogen-bond acceptors (Lipinski definition) is 5. The van der Waals surface area contributed by atoms with Crippen molar-refractivity contribution >= 4 is 29.1 Å². The molecule has 0 aliphatic carbocycles. The monoisotopic (exact) mass is 318 g/mol. The zero-order valence-corrected chi connectivity index (χ0v) is 12.9. The second-order valence-electron chi connectivity index (χ2n) is 4.99. The number of anilines is 1. The molecule has 8 nitrogen and oxygen atoms in total. The van der Waals surface area contributed by atoms with E-state index in [1.807, 2.05) is 0 Å². The van der Waals surface area contributed by atoms with Gasteiger partial charge in [0.05, 0.1) is 12.8 Å². The van der Waals surface area contributed by atoms with Crippen LogP contribution in [-0.4, -0.2) is 30.5 Å². The van der Waals surface area contributed by atoms with Crippen LogP contribution in [0.3, 0.4) is 0 Å². The number of rotatable bonds is 5. The van der Waals surface area contributed by atoms with E-state index >= 15 is 0 Å². The summed E-state index contributed by atoms with van der Waals surface area (Å²) < 4.78 is 5.17. The van der Waals surface area contributed by atoms with Gasteiger partial charge in [0.25, 0.3) is 5.91 Å². The highest BCUT2D eigenvalue weighted by Gasteiger charge is 2.18. The third kappa shape index (κ3) is 4.53. The highest BCUT2D eigenvalue weighted by Crippen LogP contribution is 2.25. The van der Waals surface area contributed by atoms with Gasteiger partial charge in [0.15, 0.2) is 0 Å². The van der Waals surface area contributed by atoms with Crippen molar-refractivity contribution in [1.29, 1.82) is 0 Å². The molecular weight excluding hydrogens is 300 g/mol. The minimum absolute atomic E-state index is 0.198. The molecule has 0 atom stereocenters. The number of nitrogens with one attached hydrogen (secondary N) is 3. The molecule has 0 bridgehead atoms. The maximum absolute atomic E-state index is 12.0. The topological polar surface area (TPSA) is 109 Å². The first-order valence-corrected chi connectivity index (χ1v) is 7.07. The van der Waals surface area contributed by atoms with Crippen LogP contribution in [0.15, 0.2) is 23.3 Å². The fourth-order valence-corrected chi connectivity index (χ4v) is 2.07. The van der Waals surface area contributed by atoms with Crippen molar-refractivity contribution < 1.29 is 19.1 Å². The normalized spacial score (nSPS) is 13.7. The van der Waals surface area contributed by atoms with E-state index in [1.165, 1.54) is 14.0 Å². The van der Waals surface area contributed by atoms with Crippen LogP contribution < -0.4 is 20.8 Å². The van der Waals surface area contributed by atoms with Crippen molar-refractivity contribution in [3.8, 4) is 5.75 Å². The van der Waals surface area contributed by atoms with Crippen molar-refractivity contribution in [2.75, 3.05) is 12.4 Å². The molecule has 2 rings (SSSR count). The highest BCUT2D eigenvalue weighted by molar-refractivity contribution is 6.39. The third-order valence-corrected chi connectivity index (χ3v) is 3.19. The Hall–Kier alpha value is -2.90. The van der Waals surface area contributed by atoms with Gasteiger partial charge in [-0.2, -0.15) is 5.10 Å². The molecule has 1 aromatic rings. The Balaban J connectivity index is 2.01. The average molecular weight is 318 g/mol. The van der Waals surface area contributed by atoms with Crippen LogP contribution in [0.25, 0.3) is 0 Å². The predicted octanol–water partition coefficient (Wildman–Crippen LogP) is 0.536. The van der Waals surface area contributed by atoms with Gasteiger partial charge in [-0.15, -0.1) is 0 Å². The molecule has 0 unspecified atom stereocenters. The SMILES string of the molecule is COc1ccc(CNC(=O)C2=NNC(=O)CC2)cc1NC(C)=O. The van der Waals surface area contributed by atoms with E-state index in [2.05, 4.69) is 21.2 Å². The molecule has 1 aliphatic rings. The van der Waals surface area contributed by atoms with E-state index in [4.69, 9.17) is 4.74 Å². The Bertz CT molecular complexity index is 669. The summed E-state index contributed by atoms with van der Waals surface area (Å²) in [5.74, 6) is -0.204. The molecule has 0 radical (unpaired) electrons. The number of methoxy groups -OCH3 is 1. The van der Waals surface area contributed by atoms with Crippen molar-refractivity contribution in [3.63, 3.8) is 0 Å². The molecule has 0 spiro atoms. The summed E-state index contributed by atoms with van der Waals surface area (Å²) in [6.45, 7) is 1.67. The van der Waals surface area contributed by atoms with Crippen molar-refractivity contribution in [3.05, 3.63) is 23.8 Å². The number of amides is 3. The number of ether oxygens (including phenoxy) is 1. The Morgan fingerprint density at radius 3 is 2.74 bits per heavy atom. The number of hydrazone groups is 1. The predicted molar refractivity (Wildman–Crippen MR) is 84.0 cm³/mol. The Kier molecular flexibility index (Phi) is 5.29. The summed E-state index contributed by atoms with van der Waals surface area (Å²) in [6.07, 6.45) is 0.568. The molecule has 1 aromatic carbocycles. The van der Waals surface area contributed by atoms with Crippen molar-refractivity contribution in [2.24, 2.45) is 5.10 Å². The Morgan fingerprint density at radius 1 is 1.35 bits per heavy atom. The second kappa shape index (κ2) is 7.39. The molecule has 3 N–H and O–H groups in total.